The van der Waals surface area contributed by atoms with Gasteiger partial charge in [0.2, 0.25) is 0 Å². The van der Waals surface area contributed by atoms with Crippen molar-refractivity contribution in [1.82, 2.24) is 15.0 Å². The van der Waals surface area contributed by atoms with Crippen molar-refractivity contribution in [1.29, 1.82) is 0 Å². The summed E-state index contributed by atoms with van der Waals surface area (Å²) in [6, 6.07) is 13.9. The van der Waals surface area contributed by atoms with Crippen LogP contribution in [-0.2, 0) is 0 Å². The molecular formula is C19H21N3O2S. The molecular weight excluding hydrogens is 334 g/mol. The number of rotatable bonds is 6. The van der Waals surface area contributed by atoms with E-state index in [0.717, 1.165) is 22.9 Å². The van der Waals surface area contributed by atoms with Crippen LogP contribution in [0.3, 0.4) is 0 Å². The fraction of sp³-hybridized carbons (Fsp3) is 0.263. The highest BCUT2D eigenvalue weighted by Gasteiger charge is 2.18. The third-order valence-electron chi connectivity index (χ3n) is 3.92. The van der Waals surface area contributed by atoms with E-state index in [1.54, 1.807) is 11.8 Å². The van der Waals surface area contributed by atoms with E-state index in [1.807, 2.05) is 55.7 Å². The van der Waals surface area contributed by atoms with Gasteiger partial charge in [0.15, 0.2) is 5.82 Å². The second-order valence-electron chi connectivity index (χ2n) is 5.83. The maximum atomic E-state index is 12.5. The lowest BCUT2D eigenvalue weighted by Crippen LogP contribution is -2.26. The Morgan fingerprint density at radius 2 is 1.96 bits per heavy atom. The van der Waals surface area contributed by atoms with Gasteiger partial charge >= 0.3 is 0 Å². The molecule has 0 fully saturated rings. The minimum atomic E-state index is -0.0618. The summed E-state index contributed by atoms with van der Waals surface area (Å²) in [5, 5.41) is 7.03. The van der Waals surface area contributed by atoms with Crippen molar-refractivity contribution in [2.24, 2.45) is 0 Å². The number of aromatic nitrogens is 2. The lowest BCUT2D eigenvalue weighted by atomic mass is 10.2. The SMILES string of the molecule is Cc1cc(-n2c(C)cc(C(=O)NCCSc3ccccc3)c2C)no1. The zero-order valence-corrected chi connectivity index (χ0v) is 15.4. The molecule has 2 aromatic heterocycles. The molecule has 1 aromatic carbocycles. The first-order valence-electron chi connectivity index (χ1n) is 8.15. The molecule has 130 valence electrons. The number of thioether (sulfide) groups is 1. The van der Waals surface area contributed by atoms with Gasteiger partial charge in [0.25, 0.3) is 5.91 Å². The van der Waals surface area contributed by atoms with Crippen molar-refractivity contribution in [3.8, 4) is 5.82 Å². The smallest absolute Gasteiger partial charge is 0.253 e. The number of benzene rings is 1. The van der Waals surface area contributed by atoms with Gasteiger partial charge < -0.3 is 9.84 Å². The lowest BCUT2D eigenvalue weighted by molar-refractivity contribution is 0.0955. The number of nitrogens with one attached hydrogen (secondary N) is 1. The van der Waals surface area contributed by atoms with Gasteiger partial charge in [-0.25, -0.2) is 0 Å². The van der Waals surface area contributed by atoms with Gasteiger partial charge in [0, 0.05) is 34.6 Å². The molecule has 1 amide bonds. The third-order valence-corrected chi connectivity index (χ3v) is 4.93. The summed E-state index contributed by atoms with van der Waals surface area (Å²) in [6.07, 6.45) is 0. The molecule has 3 rings (SSSR count). The molecule has 0 unspecified atom stereocenters. The van der Waals surface area contributed by atoms with Crippen molar-refractivity contribution in [2.75, 3.05) is 12.3 Å². The molecule has 0 radical (unpaired) electrons. The Hall–Kier alpha value is -2.47. The average Bonchev–Trinajstić information content (AvgIpc) is 3.15. The molecule has 0 saturated carbocycles. The molecule has 5 nitrogen and oxygen atoms in total. The zero-order chi connectivity index (χ0) is 17.8. The number of nitrogens with zero attached hydrogens (tertiary/aromatic N) is 2. The van der Waals surface area contributed by atoms with Gasteiger partial charge in [-0.2, -0.15) is 0 Å². The predicted octanol–water partition coefficient (Wildman–Crippen LogP) is 3.91. The van der Waals surface area contributed by atoms with Crippen LogP contribution in [-0.4, -0.2) is 27.9 Å². The maximum Gasteiger partial charge on any atom is 0.253 e. The molecule has 0 aliphatic rings. The van der Waals surface area contributed by atoms with Crippen molar-refractivity contribution in [3.05, 3.63) is 65.2 Å². The number of hydrogen-bond acceptors (Lipinski definition) is 4. The molecule has 3 aromatic rings. The van der Waals surface area contributed by atoms with Crippen molar-refractivity contribution < 1.29 is 9.32 Å². The molecule has 0 spiro atoms. The number of aryl methyl sites for hydroxylation is 2. The average molecular weight is 355 g/mol. The highest BCUT2D eigenvalue weighted by atomic mass is 32.2. The zero-order valence-electron chi connectivity index (χ0n) is 14.6. The summed E-state index contributed by atoms with van der Waals surface area (Å²) in [5.74, 6) is 2.21. The standard InChI is InChI=1S/C19H21N3O2S/c1-13-11-17(15(3)22(13)18-12-14(2)24-21-18)19(23)20-9-10-25-16-7-5-4-6-8-16/h4-8,11-12H,9-10H2,1-3H3,(H,20,23). The molecule has 0 atom stereocenters. The van der Waals surface area contributed by atoms with E-state index in [2.05, 4.69) is 22.6 Å². The van der Waals surface area contributed by atoms with Crippen molar-refractivity contribution in [2.45, 2.75) is 25.7 Å². The Morgan fingerprint density at radius 1 is 1.20 bits per heavy atom. The molecule has 6 heteroatoms. The van der Waals surface area contributed by atoms with Gasteiger partial charge in [0.05, 0.1) is 5.56 Å². The van der Waals surface area contributed by atoms with E-state index in [-0.39, 0.29) is 5.91 Å². The first kappa shape index (κ1) is 17.4. The van der Waals surface area contributed by atoms with Crippen molar-refractivity contribution in [3.63, 3.8) is 0 Å². The molecule has 2 heterocycles. The molecule has 0 aliphatic heterocycles. The van der Waals surface area contributed by atoms with Crippen LogP contribution >= 0.6 is 11.8 Å². The van der Waals surface area contributed by atoms with Crippen LogP contribution in [0.25, 0.3) is 5.82 Å². The van der Waals surface area contributed by atoms with Gasteiger partial charge in [0.1, 0.15) is 5.76 Å². The van der Waals surface area contributed by atoms with Crippen LogP contribution < -0.4 is 5.32 Å². The predicted molar refractivity (Wildman–Crippen MR) is 99.5 cm³/mol. The van der Waals surface area contributed by atoms with Crippen LogP contribution in [0.5, 0.6) is 0 Å². The van der Waals surface area contributed by atoms with Crippen LogP contribution in [0, 0.1) is 20.8 Å². The molecule has 1 N–H and O–H groups in total. The molecule has 0 saturated heterocycles. The fourth-order valence-corrected chi connectivity index (χ4v) is 3.54. The second-order valence-corrected chi connectivity index (χ2v) is 7.00. The Morgan fingerprint density at radius 3 is 2.64 bits per heavy atom. The summed E-state index contributed by atoms with van der Waals surface area (Å²) < 4.78 is 7.08. The number of hydrogen-bond donors (Lipinski definition) is 1. The van der Waals surface area contributed by atoms with E-state index >= 15 is 0 Å². The molecule has 0 aliphatic carbocycles. The normalized spacial score (nSPS) is 10.8. The first-order chi connectivity index (χ1) is 12.1. The maximum absolute atomic E-state index is 12.5. The fourth-order valence-electron chi connectivity index (χ4n) is 2.75. The molecule has 25 heavy (non-hydrogen) atoms. The minimum absolute atomic E-state index is 0.0618. The van der Waals surface area contributed by atoms with E-state index in [4.69, 9.17) is 4.52 Å². The third kappa shape index (κ3) is 3.96. The van der Waals surface area contributed by atoms with Gasteiger partial charge in [-0.3, -0.25) is 9.36 Å². The van der Waals surface area contributed by atoms with Gasteiger partial charge in [-0.1, -0.05) is 23.4 Å². The van der Waals surface area contributed by atoms with E-state index in [0.29, 0.717) is 17.9 Å². The second kappa shape index (κ2) is 7.61. The Bertz CT molecular complexity index is 868. The molecule has 0 bridgehead atoms. The van der Waals surface area contributed by atoms with Crippen LogP contribution in [0.4, 0.5) is 0 Å². The number of amides is 1. The van der Waals surface area contributed by atoms with Crippen molar-refractivity contribution >= 4 is 17.7 Å². The van der Waals surface area contributed by atoms with E-state index < -0.39 is 0 Å². The lowest BCUT2D eigenvalue weighted by Gasteiger charge is -2.07. The monoisotopic (exact) mass is 355 g/mol. The minimum Gasteiger partial charge on any atom is -0.360 e. The van der Waals surface area contributed by atoms with E-state index in [1.165, 1.54) is 4.90 Å². The van der Waals surface area contributed by atoms with E-state index in [9.17, 15) is 4.79 Å². The van der Waals surface area contributed by atoms with Crippen LogP contribution in [0.1, 0.15) is 27.5 Å². The summed E-state index contributed by atoms with van der Waals surface area (Å²) in [5.41, 5.74) is 2.48. The quantitative estimate of drug-likeness (QED) is 0.538. The Balaban J connectivity index is 1.63. The number of carbonyl (C=O) groups excluding carboxylic acids is 1. The highest BCUT2D eigenvalue weighted by molar-refractivity contribution is 7.99. The first-order valence-corrected chi connectivity index (χ1v) is 9.13. The summed E-state index contributed by atoms with van der Waals surface area (Å²) in [4.78, 5) is 13.7. The van der Waals surface area contributed by atoms with Crippen LogP contribution in [0.2, 0.25) is 0 Å². The number of carbonyl (C=O) groups is 1. The Kier molecular flexibility index (Phi) is 5.28. The summed E-state index contributed by atoms with van der Waals surface area (Å²) in [7, 11) is 0. The largest absolute Gasteiger partial charge is 0.360 e. The summed E-state index contributed by atoms with van der Waals surface area (Å²) >= 11 is 1.73. The van der Waals surface area contributed by atoms with Gasteiger partial charge in [-0.15, -0.1) is 11.8 Å². The van der Waals surface area contributed by atoms with Crippen LogP contribution in [0.15, 0.2) is 51.9 Å². The Labute approximate surface area is 151 Å². The summed E-state index contributed by atoms with van der Waals surface area (Å²) in [6.45, 7) is 6.34. The topological polar surface area (TPSA) is 60.1 Å². The highest BCUT2D eigenvalue weighted by Crippen LogP contribution is 2.21. The van der Waals surface area contributed by atoms with Gasteiger partial charge in [-0.05, 0) is 39.0 Å².